The molecule has 0 amide bonds. The maximum Gasteiger partial charge on any atom is 0.170 e. The van der Waals surface area contributed by atoms with Gasteiger partial charge < -0.3 is 0 Å². The molecule has 60 valence electrons. The van der Waals surface area contributed by atoms with Gasteiger partial charge in [-0.3, -0.25) is 9.78 Å². The van der Waals surface area contributed by atoms with Crippen molar-refractivity contribution in [2.45, 2.75) is 0 Å². The molecular formula is C9H8N2O. The van der Waals surface area contributed by atoms with Crippen LogP contribution in [0, 0.1) is 0 Å². The second kappa shape index (κ2) is 3.57. The Kier molecular flexibility index (Phi) is 2.48. The van der Waals surface area contributed by atoms with Gasteiger partial charge in [0.2, 0.25) is 0 Å². The van der Waals surface area contributed by atoms with E-state index in [1.165, 1.54) is 12.3 Å². The highest BCUT2D eigenvalue weighted by molar-refractivity contribution is 5.72. The monoisotopic (exact) mass is 160 g/mol. The second-order valence-corrected chi connectivity index (χ2v) is 2.09. The quantitative estimate of drug-likeness (QED) is 0.630. The molecule has 0 aliphatic rings. The molecule has 0 N–H and O–H groups in total. The number of carbonyl (C=O) groups is 1. The van der Waals surface area contributed by atoms with E-state index in [1.54, 1.807) is 6.08 Å². The molecular weight excluding hydrogens is 152 g/mol. The van der Waals surface area contributed by atoms with E-state index in [0.717, 1.165) is 0 Å². The molecule has 0 bridgehead atoms. The first-order valence-electron chi connectivity index (χ1n) is 3.39. The highest BCUT2D eigenvalue weighted by Crippen LogP contribution is 2.05. The summed E-state index contributed by atoms with van der Waals surface area (Å²) in [5.74, 6) is 0. The molecule has 3 heteroatoms. The van der Waals surface area contributed by atoms with Gasteiger partial charge in [-0.05, 0) is 12.2 Å². The van der Waals surface area contributed by atoms with Gasteiger partial charge in [-0.2, -0.15) is 0 Å². The van der Waals surface area contributed by atoms with Crippen LogP contribution in [0.4, 0.5) is 0 Å². The number of rotatable bonds is 3. The third kappa shape index (κ3) is 1.45. The minimum absolute atomic E-state index is 0.301. The summed E-state index contributed by atoms with van der Waals surface area (Å²) in [6.07, 6.45) is 5.15. The summed E-state index contributed by atoms with van der Waals surface area (Å²) in [6, 6.07) is 0. The normalized spacial score (nSPS) is 9.00. The number of hydrogen-bond acceptors (Lipinski definition) is 3. The average molecular weight is 160 g/mol. The van der Waals surface area contributed by atoms with Gasteiger partial charge in [-0.25, -0.2) is 4.98 Å². The highest BCUT2D eigenvalue weighted by atomic mass is 16.1. The van der Waals surface area contributed by atoms with E-state index >= 15 is 0 Å². The molecule has 0 atom stereocenters. The van der Waals surface area contributed by atoms with Crippen molar-refractivity contribution in [2.24, 2.45) is 0 Å². The maximum atomic E-state index is 10.3. The lowest BCUT2D eigenvalue weighted by Gasteiger charge is -1.97. The van der Waals surface area contributed by atoms with Crippen molar-refractivity contribution in [1.29, 1.82) is 0 Å². The van der Waals surface area contributed by atoms with Gasteiger partial charge in [0.15, 0.2) is 6.29 Å². The van der Waals surface area contributed by atoms with Crippen LogP contribution in [0.1, 0.15) is 21.9 Å². The van der Waals surface area contributed by atoms with E-state index in [4.69, 9.17) is 0 Å². The predicted molar refractivity (Wildman–Crippen MR) is 47.6 cm³/mol. The lowest BCUT2D eigenvalue weighted by atomic mass is 10.3. The van der Waals surface area contributed by atoms with Crippen LogP contribution >= 0.6 is 0 Å². The number of carbonyl (C=O) groups excluding carboxylic acids is 1. The molecule has 0 unspecified atom stereocenters. The van der Waals surface area contributed by atoms with E-state index in [1.807, 2.05) is 0 Å². The number of aromatic nitrogens is 2. The first-order chi connectivity index (χ1) is 5.81. The molecule has 12 heavy (non-hydrogen) atoms. The van der Waals surface area contributed by atoms with E-state index in [0.29, 0.717) is 23.4 Å². The van der Waals surface area contributed by atoms with Crippen molar-refractivity contribution >= 4 is 18.4 Å². The van der Waals surface area contributed by atoms with Crippen LogP contribution in [0.25, 0.3) is 12.2 Å². The third-order valence-corrected chi connectivity index (χ3v) is 1.36. The molecule has 0 saturated carbocycles. The molecule has 0 aliphatic carbocycles. The second-order valence-electron chi connectivity index (χ2n) is 2.09. The molecule has 1 heterocycles. The standard InChI is InChI=1S/C9H8N2O/c1-3-8-9(4-2)11-7(6-12)5-10-8/h3-6H,1-2H2. The zero-order valence-corrected chi connectivity index (χ0v) is 6.53. The van der Waals surface area contributed by atoms with Crippen LogP contribution < -0.4 is 0 Å². The molecule has 1 rings (SSSR count). The summed E-state index contributed by atoms with van der Waals surface area (Å²) in [4.78, 5) is 18.2. The molecule has 0 saturated heterocycles. The van der Waals surface area contributed by atoms with E-state index in [-0.39, 0.29) is 0 Å². The molecule has 1 aromatic heterocycles. The lowest BCUT2D eigenvalue weighted by molar-refractivity contribution is 0.111. The Morgan fingerprint density at radius 2 is 1.92 bits per heavy atom. The SMILES string of the molecule is C=Cc1ncc(C=O)nc1C=C. The summed E-state index contributed by atoms with van der Waals surface area (Å²) in [5.41, 5.74) is 1.51. The molecule has 0 fully saturated rings. The van der Waals surface area contributed by atoms with Gasteiger partial charge in [0.1, 0.15) is 5.69 Å². The zero-order chi connectivity index (χ0) is 8.97. The average Bonchev–Trinajstić information content (AvgIpc) is 2.16. The molecule has 3 nitrogen and oxygen atoms in total. The van der Waals surface area contributed by atoms with E-state index in [9.17, 15) is 4.79 Å². The minimum Gasteiger partial charge on any atom is -0.296 e. The Morgan fingerprint density at radius 1 is 1.25 bits per heavy atom. The van der Waals surface area contributed by atoms with E-state index < -0.39 is 0 Å². The molecule has 0 radical (unpaired) electrons. The summed E-state index contributed by atoms with van der Waals surface area (Å²) in [7, 11) is 0. The third-order valence-electron chi connectivity index (χ3n) is 1.36. The first kappa shape index (κ1) is 8.33. The van der Waals surface area contributed by atoms with Crippen LogP contribution in [-0.2, 0) is 0 Å². The van der Waals surface area contributed by atoms with Gasteiger partial charge in [0.25, 0.3) is 0 Å². The van der Waals surface area contributed by atoms with Crippen molar-refractivity contribution < 1.29 is 4.79 Å². The van der Waals surface area contributed by atoms with Crippen LogP contribution in [0.2, 0.25) is 0 Å². The van der Waals surface area contributed by atoms with Gasteiger partial charge in [0.05, 0.1) is 17.6 Å². The summed E-state index contributed by atoms with van der Waals surface area (Å²) in [6.45, 7) is 7.11. The fourth-order valence-electron chi connectivity index (χ4n) is 0.791. The van der Waals surface area contributed by atoms with Crippen LogP contribution in [0.5, 0.6) is 0 Å². The fourth-order valence-corrected chi connectivity index (χ4v) is 0.791. The maximum absolute atomic E-state index is 10.3. The van der Waals surface area contributed by atoms with Crippen molar-refractivity contribution in [3.63, 3.8) is 0 Å². The fraction of sp³-hybridized carbons (Fsp3) is 0. The molecule has 0 aliphatic heterocycles. The van der Waals surface area contributed by atoms with Crippen LogP contribution in [0.3, 0.4) is 0 Å². The Bertz CT molecular complexity index is 331. The smallest absolute Gasteiger partial charge is 0.170 e. The van der Waals surface area contributed by atoms with E-state index in [2.05, 4.69) is 23.1 Å². The Balaban J connectivity index is 3.27. The lowest BCUT2D eigenvalue weighted by Crippen LogP contribution is -1.95. The highest BCUT2D eigenvalue weighted by Gasteiger charge is 1.99. The number of aldehydes is 1. The number of hydrogen-bond donors (Lipinski definition) is 0. The van der Waals surface area contributed by atoms with Crippen LogP contribution in [0.15, 0.2) is 19.4 Å². The Hall–Kier alpha value is -1.77. The zero-order valence-electron chi connectivity index (χ0n) is 6.53. The summed E-state index contributed by atoms with van der Waals surface area (Å²) >= 11 is 0. The summed E-state index contributed by atoms with van der Waals surface area (Å²) < 4.78 is 0. The van der Waals surface area contributed by atoms with Crippen molar-refractivity contribution in [1.82, 2.24) is 9.97 Å². The predicted octanol–water partition coefficient (Wildman–Crippen LogP) is 1.58. The minimum atomic E-state index is 0.301. The Labute approximate surface area is 70.5 Å². The van der Waals surface area contributed by atoms with Crippen molar-refractivity contribution in [2.75, 3.05) is 0 Å². The van der Waals surface area contributed by atoms with Gasteiger partial charge in [0, 0.05) is 0 Å². The Morgan fingerprint density at radius 3 is 2.42 bits per heavy atom. The van der Waals surface area contributed by atoms with Crippen LogP contribution in [-0.4, -0.2) is 16.3 Å². The van der Waals surface area contributed by atoms with Crippen molar-refractivity contribution in [3.05, 3.63) is 36.4 Å². The largest absolute Gasteiger partial charge is 0.296 e. The van der Waals surface area contributed by atoms with Gasteiger partial charge >= 0.3 is 0 Å². The number of nitrogens with zero attached hydrogens (tertiary/aromatic N) is 2. The van der Waals surface area contributed by atoms with Gasteiger partial charge in [-0.1, -0.05) is 13.2 Å². The molecule has 0 spiro atoms. The first-order valence-corrected chi connectivity index (χ1v) is 3.39. The van der Waals surface area contributed by atoms with Gasteiger partial charge in [-0.15, -0.1) is 0 Å². The summed E-state index contributed by atoms with van der Waals surface area (Å²) in [5, 5.41) is 0. The topological polar surface area (TPSA) is 42.9 Å². The molecule has 0 aromatic carbocycles. The molecule has 1 aromatic rings. The van der Waals surface area contributed by atoms with Crippen molar-refractivity contribution in [3.8, 4) is 0 Å².